The predicted molar refractivity (Wildman–Crippen MR) is 105 cm³/mol. The molecule has 0 heterocycles. The van der Waals surface area contributed by atoms with E-state index < -0.39 is 0 Å². The maximum atomic E-state index is 2.35. The fourth-order valence-electron chi connectivity index (χ4n) is 2.56. The van der Waals surface area contributed by atoms with E-state index in [0.29, 0.717) is 0 Å². The molecule has 0 aromatic heterocycles. The second-order valence-electron chi connectivity index (χ2n) is 6.15. The molecular formula is C22H38Zr. The zero-order chi connectivity index (χ0) is 14.8. The minimum atomic E-state index is 0. The minimum Gasteiger partial charge on any atom is -0.358 e. The second-order valence-corrected chi connectivity index (χ2v) is 6.15. The van der Waals surface area contributed by atoms with Crippen molar-refractivity contribution < 1.29 is 26.2 Å². The zero-order valence-electron chi connectivity index (χ0n) is 16.5. The molecule has 23 heavy (non-hydrogen) atoms. The Bertz CT molecular complexity index is 368. The smallest absolute Gasteiger partial charge is 0.358 e. The van der Waals surface area contributed by atoms with Crippen molar-refractivity contribution in [2.24, 2.45) is 0 Å². The average molecular weight is 394 g/mol. The summed E-state index contributed by atoms with van der Waals surface area (Å²) in [4.78, 5) is 0. The van der Waals surface area contributed by atoms with Gasteiger partial charge in [-0.2, -0.15) is 0 Å². The summed E-state index contributed by atoms with van der Waals surface area (Å²) in [5.41, 5.74) is 6.15. The van der Waals surface area contributed by atoms with Crippen LogP contribution in [0.2, 0.25) is 0 Å². The first-order valence-corrected chi connectivity index (χ1v) is 8.38. The molecule has 0 N–H and O–H groups in total. The summed E-state index contributed by atoms with van der Waals surface area (Å²) in [6, 6.07) is 0. The Morgan fingerprint density at radius 3 is 1.30 bits per heavy atom. The third-order valence-electron chi connectivity index (χ3n) is 3.87. The van der Waals surface area contributed by atoms with Gasteiger partial charge in [-0.05, 0) is 52.4 Å². The molecule has 130 valence electrons. The summed E-state index contributed by atoms with van der Waals surface area (Å²) >= 11 is 0. The standard InChI is InChI=1S/2C10H16.2CH3.Zr/c2*1-3-4-5-10-7-6-9(2)8-10;;;/h2*7-8H,3-6H2,1-2H3;2*1H3;/q;;2*-1;+2. The molecular weight excluding hydrogens is 355 g/mol. The topological polar surface area (TPSA) is 0 Å². The molecule has 2 rings (SSSR count). The molecule has 0 atom stereocenters. The SMILES string of the molecule is CCCCC1=CCC(C)=C1.CCCCC1=CCC(C)=C1.[CH3-].[CH3-].[Zr+2]. The van der Waals surface area contributed by atoms with Crippen LogP contribution in [0.4, 0.5) is 0 Å². The van der Waals surface area contributed by atoms with Crippen LogP contribution in [-0.2, 0) is 26.2 Å². The number of hydrogen-bond donors (Lipinski definition) is 0. The van der Waals surface area contributed by atoms with Crippen molar-refractivity contribution in [1.82, 2.24) is 0 Å². The van der Waals surface area contributed by atoms with Gasteiger partial charge in [-0.15, -0.1) is 0 Å². The van der Waals surface area contributed by atoms with Crippen LogP contribution >= 0.6 is 0 Å². The Labute approximate surface area is 166 Å². The van der Waals surface area contributed by atoms with E-state index in [1.54, 1.807) is 11.1 Å². The fourth-order valence-corrected chi connectivity index (χ4v) is 2.56. The summed E-state index contributed by atoms with van der Waals surface area (Å²) in [6.07, 6.45) is 19.6. The first-order valence-electron chi connectivity index (χ1n) is 8.38. The van der Waals surface area contributed by atoms with E-state index in [2.05, 4.69) is 52.0 Å². The molecule has 0 amide bonds. The molecule has 0 radical (unpaired) electrons. The van der Waals surface area contributed by atoms with Crippen molar-refractivity contribution >= 4 is 0 Å². The summed E-state index contributed by atoms with van der Waals surface area (Å²) in [5.74, 6) is 0. The Kier molecular flexibility index (Phi) is 20.1. The van der Waals surface area contributed by atoms with E-state index in [-0.39, 0.29) is 41.1 Å². The normalized spacial score (nSPS) is 14.8. The Morgan fingerprint density at radius 2 is 1.09 bits per heavy atom. The third-order valence-corrected chi connectivity index (χ3v) is 3.87. The number of unbranched alkanes of at least 4 members (excludes halogenated alkanes) is 2. The average Bonchev–Trinajstić information content (AvgIpc) is 3.03. The van der Waals surface area contributed by atoms with Crippen LogP contribution in [0, 0.1) is 14.9 Å². The van der Waals surface area contributed by atoms with Crippen LogP contribution in [0.25, 0.3) is 0 Å². The minimum absolute atomic E-state index is 0. The molecule has 0 aromatic carbocycles. The van der Waals surface area contributed by atoms with Crippen LogP contribution in [0.5, 0.6) is 0 Å². The van der Waals surface area contributed by atoms with Gasteiger partial charge in [0.05, 0.1) is 0 Å². The third kappa shape index (κ3) is 12.9. The van der Waals surface area contributed by atoms with Crippen LogP contribution in [0.3, 0.4) is 0 Å². The van der Waals surface area contributed by atoms with E-state index in [0.717, 1.165) is 0 Å². The van der Waals surface area contributed by atoms with Gasteiger partial charge in [-0.25, -0.2) is 0 Å². The van der Waals surface area contributed by atoms with E-state index in [9.17, 15) is 0 Å². The number of allylic oxidation sites excluding steroid dienone is 8. The molecule has 0 bridgehead atoms. The van der Waals surface area contributed by atoms with Gasteiger partial charge in [0.25, 0.3) is 0 Å². The van der Waals surface area contributed by atoms with Gasteiger partial charge in [-0.1, -0.05) is 73.3 Å². The van der Waals surface area contributed by atoms with Gasteiger partial charge in [0.15, 0.2) is 0 Å². The van der Waals surface area contributed by atoms with Crippen molar-refractivity contribution in [3.05, 3.63) is 61.4 Å². The summed E-state index contributed by atoms with van der Waals surface area (Å²) < 4.78 is 0. The molecule has 0 spiro atoms. The van der Waals surface area contributed by atoms with Crippen LogP contribution in [-0.4, -0.2) is 0 Å². The van der Waals surface area contributed by atoms with E-state index >= 15 is 0 Å². The van der Waals surface area contributed by atoms with Gasteiger partial charge in [0, 0.05) is 0 Å². The quantitative estimate of drug-likeness (QED) is 0.404. The fraction of sp³-hybridized carbons (Fsp3) is 0.545. The van der Waals surface area contributed by atoms with Crippen molar-refractivity contribution in [3.63, 3.8) is 0 Å². The molecule has 1 heteroatoms. The van der Waals surface area contributed by atoms with Gasteiger partial charge < -0.3 is 14.9 Å². The van der Waals surface area contributed by atoms with Gasteiger partial charge in [0.2, 0.25) is 0 Å². The van der Waals surface area contributed by atoms with E-state index in [1.807, 2.05) is 0 Å². The molecule has 2 aliphatic rings. The van der Waals surface area contributed by atoms with Crippen LogP contribution in [0.15, 0.2) is 46.6 Å². The molecule has 0 saturated carbocycles. The monoisotopic (exact) mass is 392 g/mol. The first-order chi connectivity index (χ1) is 9.65. The summed E-state index contributed by atoms with van der Waals surface area (Å²) in [7, 11) is 0. The number of rotatable bonds is 6. The molecule has 0 saturated heterocycles. The second kappa shape index (κ2) is 16.7. The van der Waals surface area contributed by atoms with Crippen molar-refractivity contribution in [1.29, 1.82) is 0 Å². The Hall–Kier alpha value is -0.157. The van der Waals surface area contributed by atoms with Gasteiger partial charge in [-0.3, -0.25) is 0 Å². The molecule has 0 aliphatic heterocycles. The maximum absolute atomic E-state index is 2.35. The Morgan fingerprint density at radius 1 is 0.739 bits per heavy atom. The largest absolute Gasteiger partial charge is 2.00 e. The van der Waals surface area contributed by atoms with Crippen molar-refractivity contribution in [2.45, 2.75) is 79.1 Å². The molecule has 0 aromatic rings. The van der Waals surface area contributed by atoms with Gasteiger partial charge >= 0.3 is 26.2 Å². The Balaban J connectivity index is -0.000000308. The van der Waals surface area contributed by atoms with Crippen LogP contribution < -0.4 is 0 Å². The van der Waals surface area contributed by atoms with Crippen molar-refractivity contribution in [3.8, 4) is 0 Å². The molecule has 0 unspecified atom stereocenters. The predicted octanol–water partition coefficient (Wildman–Crippen LogP) is 7.80. The molecule has 0 fully saturated rings. The number of hydrogen-bond acceptors (Lipinski definition) is 0. The first kappa shape index (κ1) is 27.7. The molecule has 2 aliphatic carbocycles. The van der Waals surface area contributed by atoms with E-state index in [4.69, 9.17) is 0 Å². The van der Waals surface area contributed by atoms with Gasteiger partial charge in [0.1, 0.15) is 0 Å². The summed E-state index contributed by atoms with van der Waals surface area (Å²) in [5, 5.41) is 0. The molecule has 0 nitrogen and oxygen atoms in total. The summed E-state index contributed by atoms with van der Waals surface area (Å²) in [6.45, 7) is 8.89. The van der Waals surface area contributed by atoms with Crippen molar-refractivity contribution in [2.75, 3.05) is 0 Å². The maximum Gasteiger partial charge on any atom is 2.00 e. The van der Waals surface area contributed by atoms with E-state index in [1.165, 1.54) is 62.5 Å². The zero-order valence-corrected chi connectivity index (χ0v) is 18.9. The van der Waals surface area contributed by atoms with Crippen LogP contribution in [0.1, 0.15) is 79.1 Å².